The van der Waals surface area contributed by atoms with Gasteiger partial charge >= 0.3 is 0 Å². The van der Waals surface area contributed by atoms with Crippen LogP contribution in [-0.4, -0.2) is 27.0 Å². The molecule has 3 heterocycles. The van der Waals surface area contributed by atoms with Crippen LogP contribution in [0.4, 0.5) is 5.69 Å². The summed E-state index contributed by atoms with van der Waals surface area (Å²) in [6, 6.07) is 17.2. The van der Waals surface area contributed by atoms with Crippen molar-refractivity contribution >= 4 is 5.69 Å². The van der Waals surface area contributed by atoms with Crippen LogP contribution in [0.15, 0.2) is 82.5 Å². The van der Waals surface area contributed by atoms with Crippen LogP contribution < -0.4 is 10.5 Å². The molecule has 0 aliphatic heterocycles. The second kappa shape index (κ2) is 7.87. The fourth-order valence-corrected chi connectivity index (χ4v) is 2.89. The highest BCUT2D eigenvalue weighted by Crippen LogP contribution is 2.18. The molecule has 7 heteroatoms. The van der Waals surface area contributed by atoms with E-state index in [0.717, 1.165) is 11.3 Å². The molecule has 0 saturated heterocycles. The first-order valence-corrected chi connectivity index (χ1v) is 8.87. The van der Waals surface area contributed by atoms with Crippen molar-refractivity contribution in [2.45, 2.75) is 13.1 Å². The van der Waals surface area contributed by atoms with Crippen molar-refractivity contribution in [1.82, 2.24) is 19.9 Å². The highest BCUT2D eigenvalue weighted by molar-refractivity contribution is 5.57. The Hall–Kier alpha value is -3.74. The van der Waals surface area contributed by atoms with Crippen molar-refractivity contribution < 1.29 is 4.52 Å². The van der Waals surface area contributed by atoms with Gasteiger partial charge in [0.1, 0.15) is 12.2 Å². The molecule has 0 aliphatic carbocycles. The molecular formula is C21H19N5O2. The van der Waals surface area contributed by atoms with Crippen molar-refractivity contribution in [1.29, 1.82) is 0 Å². The number of anilines is 1. The largest absolute Gasteiger partial charge is 0.369 e. The van der Waals surface area contributed by atoms with E-state index in [1.54, 1.807) is 30.7 Å². The van der Waals surface area contributed by atoms with Gasteiger partial charge in [0.2, 0.25) is 0 Å². The Morgan fingerprint density at radius 3 is 2.68 bits per heavy atom. The van der Waals surface area contributed by atoms with E-state index >= 15 is 0 Å². The first-order valence-electron chi connectivity index (χ1n) is 8.87. The lowest BCUT2D eigenvalue weighted by molar-refractivity contribution is 0.370. The molecule has 0 unspecified atom stereocenters. The highest BCUT2D eigenvalue weighted by Gasteiger charge is 2.10. The molecule has 0 saturated carbocycles. The van der Waals surface area contributed by atoms with Crippen LogP contribution in [0.1, 0.15) is 11.3 Å². The topological polar surface area (TPSA) is 77.1 Å². The standard InChI is InChI=1S/C21H19N5O2/c1-25(14-16-6-3-2-4-7-16)18-10-21(27)26(23-13-18)15-19-11-20(24-28-19)17-8-5-9-22-12-17/h2-13H,14-15H2,1H3. The van der Waals surface area contributed by atoms with E-state index in [2.05, 4.69) is 27.4 Å². The minimum atomic E-state index is -0.197. The quantitative estimate of drug-likeness (QED) is 0.517. The normalized spacial score (nSPS) is 10.8. The Labute approximate surface area is 161 Å². The summed E-state index contributed by atoms with van der Waals surface area (Å²) in [5.74, 6) is 0.554. The van der Waals surface area contributed by atoms with Gasteiger partial charge in [-0.1, -0.05) is 35.5 Å². The van der Waals surface area contributed by atoms with E-state index < -0.39 is 0 Å². The summed E-state index contributed by atoms with van der Waals surface area (Å²) in [5, 5.41) is 8.32. The summed E-state index contributed by atoms with van der Waals surface area (Å²) in [6.45, 7) is 0.914. The van der Waals surface area contributed by atoms with Crippen LogP contribution in [-0.2, 0) is 13.1 Å². The van der Waals surface area contributed by atoms with Gasteiger partial charge < -0.3 is 9.42 Å². The minimum Gasteiger partial charge on any atom is -0.369 e. The third-order valence-corrected chi connectivity index (χ3v) is 4.38. The smallest absolute Gasteiger partial charge is 0.269 e. The average molecular weight is 373 g/mol. The van der Waals surface area contributed by atoms with Gasteiger partial charge in [-0.2, -0.15) is 5.10 Å². The summed E-state index contributed by atoms with van der Waals surface area (Å²) < 4.78 is 6.70. The third-order valence-electron chi connectivity index (χ3n) is 4.38. The van der Waals surface area contributed by atoms with Gasteiger partial charge in [0, 0.05) is 43.7 Å². The monoisotopic (exact) mass is 373 g/mol. The SMILES string of the molecule is CN(Cc1ccccc1)c1cnn(Cc2cc(-c3cccnc3)no2)c(=O)c1. The molecule has 0 radical (unpaired) electrons. The zero-order valence-corrected chi connectivity index (χ0v) is 15.4. The molecule has 0 aliphatic rings. The lowest BCUT2D eigenvalue weighted by Crippen LogP contribution is -2.25. The molecule has 0 amide bonds. The van der Waals surface area contributed by atoms with Crippen LogP contribution in [0, 0.1) is 0 Å². The lowest BCUT2D eigenvalue weighted by atomic mass is 10.2. The molecule has 1 aromatic carbocycles. The van der Waals surface area contributed by atoms with Gasteiger partial charge in [-0.15, -0.1) is 0 Å². The number of rotatable bonds is 6. The summed E-state index contributed by atoms with van der Waals surface area (Å²) >= 11 is 0. The van der Waals surface area contributed by atoms with Crippen LogP contribution in [0.2, 0.25) is 0 Å². The van der Waals surface area contributed by atoms with Crippen molar-refractivity contribution in [2.24, 2.45) is 0 Å². The Morgan fingerprint density at radius 2 is 1.93 bits per heavy atom. The summed E-state index contributed by atoms with van der Waals surface area (Å²) in [5.41, 5.74) is 3.26. The molecule has 140 valence electrons. The predicted molar refractivity (Wildman–Crippen MR) is 106 cm³/mol. The van der Waals surface area contributed by atoms with Crippen molar-refractivity contribution in [3.8, 4) is 11.3 Å². The average Bonchev–Trinajstić information content (AvgIpc) is 3.19. The molecule has 4 rings (SSSR count). The zero-order valence-electron chi connectivity index (χ0n) is 15.4. The van der Waals surface area contributed by atoms with Crippen LogP contribution in [0.25, 0.3) is 11.3 Å². The molecule has 28 heavy (non-hydrogen) atoms. The molecule has 7 nitrogen and oxygen atoms in total. The zero-order chi connectivity index (χ0) is 19.3. The molecule has 4 aromatic rings. The number of hydrogen-bond acceptors (Lipinski definition) is 6. The summed E-state index contributed by atoms with van der Waals surface area (Å²) in [7, 11) is 1.93. The predicted octanol–water partition coefficient (Wildman–Crippen LogP) is 2.98. The van der Waals surface area contributed by atoms with Gasteiger partial charge in [0.05, 0.1) is 11.9 Å². The van der Waals surface area contributed by atoms with Crippen molar-refractivity contribution in [3.05, 3.63) is 94.9 Å². The van der Waals surface area contributed by atoms with Gasteiger partial charge in [0.15, 0.2) is 5.76 Å². The summed E-state index contributed by atoms with van der Waals surface area (Å²) in [6.07, 6.45) is 5.09. The third kappa shape index (κ3) is 3.98. The second-order valence-corrected chi connectivity index (χ2v) is 6.47. The van der Waals surface area contributed by atoms with Crippen LogP contribution >= 0.6 is 0 Å². The van der Waals surface area contributed by atoms with Gasteiger partial charge in [-0.3, -0.25) is 9.78 Å². The van der Waals surface area contributed by atoms with E-state index in [1.165, 1.54) is 10.2 Å². The number of aromatic nitrogens is 4. The van der Waals surface area contributed by atoms with E-state index in [0.29, 0.717) is 18.0 Å². The first kappa shape index (κ1) is 17.7. The maximum Gasteiger partial charge on any atom is 0.269 e. The van der Waals surface area contributed by atoms with Crippen molar-refractivity contribution in [3.63, 3.8) is 0 Å². The lowest BCUT2D eigenvalue weighted by Gasteiger charge is -2.19. The fourth-order valence-electron chi connectivity index (χ4n) is 2.89. The molecule has 0 spiro atoms. The number of benzene rings is 1. The van der Waals surface area contributed by atoms with E-state index in [4.69, 9.17) is 4.52 Å². The number of hydrogen-bond donors (Lipinski definition) is 0. The van der Waals surface area contributed by atoms with Gasteiger partial charge in [-0.25, -0.2) is 4.68 Å². The van der Waals surface area contributed by atoms with Gasteiger partial charge in [-0.05, 0) is 17.7 Å². The molecular weight excluding hydrogens is 354 g/mol. The molecule has 0 N–H and O–H groups in total. The van der Waals surface area contributed by atoms with E-state index in [-0.39, 0.29) is 12.1 Å². The number of pyridine rings is 1. The highest BCUT2D eigenvalue weighted by atomic mass is 16.5. The van der Waals surface area contributed by atoms with E-state index in [1.807, 2.05) is 42.3 Å². The Balaban J connectivity index is 1.48. The van der Waals surface area contributed by atoms with Crippen LogP contribution in [0.5, 0.6) is 0 Å². The Kier molecular flexibility index (Phi) is 4.97. The maximum absolute atomic E-state index is 12.5. The Morgan fingerprint density at radius 1 is 1.07 bits per heavy atom. The molecule has 3 aromatic heterocycles. The second-order valence-electron chi connectivity index (χ2n) is 6.47. The Bertz CT molecular complexity index is 1110. The summed E-state index contributed by atoms with van der Waals surface area (Å²) in [4.78, 5) is 18.5. The first-order chi connectivity index (χ1) is 13.7. The molecule has 0 atom stereocenters. The molecule has 0 fully saturated rings. The fraction of sp³-hybridized carbons (Fsp3) is 0.143. The number of nitrogens with zero attached hydrogens (tertiary/aromatic N) is 5. The van der Waals surface area contributed by atoms with E-state index in [9.17, 15) is 4.79 Å². The minimum absolute atomic E-state index is 0.197. The van der Waals surface area contributed by atoms with Crippen LogP contribution in [0.3, 0.4) is 0 Å². The molecule has 0 bridgehead atoms. The maximum atomic E-state index is 12.5. The van der Waals surface area contributed by atoms with Gasteiger partial charge in [0.25, 0.3) is 5.56 Å². The van der Waals surface area contributed by atoms with Crippen molar-refractivity contribution in [2.75, 3.05) is 11.9 Å².